The van der Waals surface area contributed by atoms with Crippen molar-refractivity contribution in [3.05, 3.63) is 59.2 Å². The topological polar surface area (TPSA) is 67.8 Å². The minimum atomic E-state index is -0.943. The third-order valence-electron chi connectivity index (χ3n) is 3.43. The fraction of sp³-hybridized carbons (Fsp3) is 0.278. The van der Waals surface area contributed by atoms with Gasteiger partial charge >= 0.3 is 5.97 Å². The molecule has 5 heteroatoms. The molecule has 0 saturated carbocycles. The maximum atomic E-state index is 11.1. The van der Waals surface area contributed by atoms with Gasteiger partial charge in [0.1, 0.15) is 17.7 Å². The summed E-state index contributed by atoms with van der Waals surface area (Å²) < 4.78 is 10.4. The first-order chi connectivity index (χ1) is 11.0. The summed E-state index contributed by atoms with van der Waals surface area (Å²) in [5, 5.41) is 12.7. The SMILES string of the molecule is COC(=O)CNC(O)c1ccc(Oc2ccc(C)cc2)c(C)c1. The van der Waals surface area contributed by atoms with E-state index in [1.807, 2.05) is 44.2 Å². The molecule has 1 atom stereocenters. The summed E-state index contributed by atoms with van der Waals surface area (Å²) in [6, 6.07) is 13.2. The smallest absolute Gasteiger partial charge is 0.319 e. The van der Waals surface area contributed by atoms with Crippen molar-refractivity contribution in [1.29, 1.82) is 0 Å². The third kappa shape index (κ3) is 4.81. The first-order valence-electron chi connectivity index (χ1n) is 7.33. The summed E-state index contributed by atoms with van der Waals surface area (Å²) in [4.78, 5) is 11.1. The standard InChI is InChI=1S/C18H21NO4/c1-12-4-7-15(8-5-12)23-16-9-6-14(10-13(16)2)18(21)19-11-17(20)22-3/h4-10,18-19,21H,11H2,1-3H3. The lowest BCUT2D eigenvalue weighted by molar-refractivity contribution is -0.140. The van der Waals surface area contributed by atoms with Crippen molar-refractivity contribution in [3.63, 3.8) is 0 Å². The first kappa shape index (κ1) is 17.0. The van der Waals surface area contributed by atoms with Crippen LogP contribution in [0.25, 0.3) is 0 Å². The van der Waals surface area contributed by atoms with Gasteiger partial charge in [0.05, 0.1) is 13.7 Å². The van der Waals surface area contributed by atoms with Crippen LogP contribution in [-0.2, 0) is 9.53 Å². The normalized spacial score (nSPS) is 11.8. The Morgan fingerprint density at radius 3 is 2.48 bits per heavy atom. The molecule has 23 heavy (non-hydrogen) atoms. The molecule has 0 saturated heterocycles. The van der Waals surface area contributed by atoms with E-state index in [9.17, 15) is 9.90 Å². The van der Waals surface area contributed by atoms with Gasteiger partial charge in [-0.1, -0.05) is 23.8 Å². The number of hydrogen-bond acceptors (Lipinski definition) is 5. The fourth-order valence-corrected chi connectivity index (χ4v) is 2.06. The predicted molar refractivity (Wildman–Crippen MR) is 87.4 cm³/mol. The monoisotopic (exact) mass is 315 g/mol. The second-order valence-corrected chi connectivity index (χ2v) is 5.30. The first-order valence-corrected chi connectivity index (χ1v) is 7.33. The van der Waals surface area contributed by atoms with Crippen molar-refractivity contribution in [1.82, 2.24) is 5.32 Å². The molecule has 0 heterocycles. The Hall–Kier alpha value is -2.37. The van der Waals surface area contributed by atoms with Crippen molar-refractivity contribution >= 4 is 5.97 Å². The van der Waals surface area contributed by atoms with Crippen LogP contribution < -0.4 is 10.1 Å². The Bertz CT molecular complexity index is 667. The molecule has 5 nitrogen and oxygen atoms in total. The van der Waals surface area contributed by atoms with Crippen LogP contribution in [0, 0.1) is 13.8 Å². The number of carbonyl (C=O) groups is 1. The molecule has 0 spiro atoms. The molecule has 0 amide bonds. The maximum absolute atomic E-state index is 11.1. The highest BCUT2D eigenvalue weighted by atomic mass is 16.5. The van der Waals surface area contributed by atoms with Crippen molar-refractivity contribution in [2.24, 2.45) is 0 Å². The van der Waals surface area contributed by atoms with Gasteiger partial charge in [-0.2, -0.15) is 0 Å². The molecule has 1 unspecified atom stereocenters. The molecule has 0 aromatic heterocycles. The Morgan fingerprint density at radius 2 is 1.87 bits per heavy atom. The van der Waals surface area contributed by atoms with Gasteiger partial charge in [-0.25, -0.2) is 0 Å². The molecule has 0 aliphatic rings. The van der Waals surface area contributed by atoms with Crippen LogP contribution >= 0.6 is 0 Å². The number of aliphatic hydroxyl groups is 1. The van der Waals surface area contributed by atoms with Crippen LogP contribution in [0.15, 0.2) is 42.5 Å². The summed E-state index contributed by atoms with van der Waals surface area (Å²) in [5.41, 5.74) is 2.72. The fourth-order valence-electron chi connectivity index (χ4n) is 2.06. The second kappa shape index (κ2) is 7.76. The molecule has 0 aliphatic carbocycles. The molecular formula is C18H21NO4. The van der Waals surface area contributed by atoms with E-state index in [4.69, 9.17) is 4.74 Å². The molecule has 2 N–H and O–H groups in total. The van der Waals surface area contributed by atoms with E-state index in [0.29, 0.717) is 5.56 Å². The van der Waals surface area contributed by atoms with E-state index in [1.54, 1.807) is 12.1 Å². The number of methoxy groups -OCH3 is 1. The zero-order valence-corrected chi connectivity index (χ0v) is 13.5. The highest BCUT2D eigenvalue weighted by molar-refractivity contribution is 5.71. The summed E-state index contributed by atoms with van der Waals surface area (Å²) in [6.45, 7) is 3.87. The Balaban J connectivity index is 2.05. The number of carbonyl (C=O) groups excluding carboxylic acids is 1. The predicted octanol–water partition coefficient (Wildman–Crippen LogP) is 2.85. The summed E-state index contributed by atoms with van der Waals surface area (Å²) >= 11 is 0. The lowest BCUT2D eigenvalue weighted by Crippen LogP contribution is -2.28. The number of ether oxygens (including phenoxy) is 2. The lowest BCUT2D eigenvalue weighted by Gasteiger charge is -2.15. The Kier molecular flexibility index (Phi) is 5.73. The quantitative estimate of drug-likeness (QED) is 0.634. The molecule has 122 valence electrons. The van der Waals surface area contributed by atoms with Crippen molar-refractivity contribution in [3.8, 4) is 11.5 Å². The molecule has 2 aromatic carbocycles. The van der Waals surface area contributed by atoms with Crippen LogP contribution in [0.2, 0.25) is 0 Å². The molecule has 2 rings (SSSR count). The largest absolute Gasteiger partial charge is 0.468 e. The average Bonchev–Trinajstić information content (AvgIpc) is 2.56. The van der Waals surface area contributed by atoms with Crippen LogP contribution in [0.3, 0.4) is 0 Å². The number of rotatable bonds is 6. The summed E-state index contributed by atoms with van der Waals surface area (Å²) in [5.74, 6) is 1.05. The average molecular weight is 315 g/mol. The molecule has 2 aromatic rings. The highest BCUT2D eigenvalue weighted by Crippen LogP contribution is 2.27. The van der Waals surface area contributed by atoms with Crippen LogP contribution in [0.1, 0.15) is 22.9 Å². The maximum Gasteiger partial charge on any atom is 0.319 e. The zero-order valence-electron chi connectivity index (χ0n) is 13.5. The number of aryl methyl sites for hydroxylation is 2. The van der Waals surface area contributed by atoms with E-state index < -0.39 is 12.2 Å². The van der Waals surface area contributed by atoms with Crippen LogP contribution in [-0.4, -0.2) is 24.7 Å². The Morgan fingerprint density at radius 1 is 1.17 bits per heavy atom. The van der Waals surface area contributed by atoms with E-state index in [-0.39, 0.29) is 6.54 Å². The van der Waals surface area contributed by atoms with Crippen LogP contribution in [0.5, 0.6) is 11.5 Å². The van der Waals surface area contributed by atoms with Crippen molar-refractivity contribution in [2.45, 2.75) is 20.1 Å². The lowest BCUT2D eigenvalue weighted by atomic mass is 10.1. The van der Waals surface area contributed by atoms with E-state index in [2.05, 4.69) is 10.1 Å². The molecule has 0 fully saturated rings. The van der Waals surface area contributed by atoms with Crippen molar-refractivity contribution < 1.29 is 19.4 Å². The van der Waals surface area contributed by atoms with Gasteiger partial charge in [0.15, 0.2) is 0 Å². The highest BCUT2D eigenvalue weighted by Gasteiger charge is 2.11. The number of aliphatic hydroxyl groups excluding tert-OH is 1. The van der Waals surface area contributed by atoms with E-state index >= 15 is 0 Å². The van der Waals surface area contributed by atoms with Gasteiger partial charge in [-0.3, -0.25) is 10.1 Å². The van der Waals surface area contributed by atoms with Crippen LogP contribution in [0.4, 0.5) is 0 Å². The van der Waals surface area contributed by atoms with Crippen molar-refractivity contribution in [2.75, 3.05) is 13.7 Å². The molecule has 0 aliphatic heterocycles. The third-order valence-corrected chi connectivity index (χ3v) is 3.43. The number of esters is 1. The molecule has 0 radical (unpaired) electrons. The van der Waals surface area contributed by atoms with Gasteiger partial charge in [0.25, 0.3) is 0 Å². The molecule has 0 bridgehead atoms. The Labute approximate surface area is 135 Å². The summed E-state index contributed by atoms with van der Waals surface area (Å²) in [7, 11) is 1.30. The summed E-state index contributed by atoms with van der Waals surface area (Å²) in [6.07, 6.45) is -0.943. The minimum Gasteiger partial charge on any atom is -0.468 e. The zero-order chi connectivity index (χ0) is 16.8. The second-order valence-electron chi connectivity index (χ2n) is 5.30. The molecular weight excluding hydrogens is 294 g/mol. The number of nitrogens with one attached hydrogen (secondary N) is 1. The van der Waals surface area contributed by atoms with Gasteiger partial charge in [0.2, 0.25) is 0 Å². The van der Waals surface area contributed by atoms with Gasteiger partial charge in [0, 0.05) is 0 Å². The number of hydrogen-bond donors (Lipinski definition) is 2. The van der Waals surface area contributed by atoms with E-state index in [0.717, 1.165) is 17.1 Å². The van der Waals surface area contributed by atoms with E-state index in [1.165, 1.54) is 12.7 Å². The van der Waals surface area contributed by atoms with Gasteiger partial charge < -0.3 is 14.6 Å². The van der Waals surface area contributed by atoms with Gasteiger partial charge in [-0.15, -0.1) is 0 Å². The number of benzene rings is 2. The minimum absolute atomic E-state index is 0.0572. The van der Waals surface area contributed by atoms with Gasteiger partial charge in [-0.05, 0) is 49.2 Å².